The first-order valence-electron chi connectivity index (χ1n) is 11.4. The van der Waals surface area contributed by atoms with Crippen LogP contribution < -0.4 is 14.9 Å². The number of thiophene rings is 1. The number of carbonyl (C=O) groups excluding carboxylic acids is 1. The van der Waals surface area contributed by atoms with Gasteiger partial charge in [-0.1, -0.05) is 23.5 Å². The van der Waals surface area contributed by atoms with Crippen LogP contribution in [0.3, 0.4) is 0 Å². The third-order valence-electron chi connectivity index (χ3n) is 5.93. The van der Waals surface area contributed by atoms with Gasteiger partial charge in [-0.15, -0.1) is 11.3 Å². The Kier molecular flexibility index (Phi) is 6.48. The number of rotatable bonds is 6. The van der Waals surface area contributed by atoms with Gasteiger partial charge in [0.1, 0.15) is 17.6 Å². The summed E-state index contributed by atoms with van der Waals surface area (Å²) in [7, 11) is 0. The van der Waals surface area contributed by atoms with Crippen molar-refractivity contribution in [2.24, 2.45) is 4.99 Å². The maximum absolute atomic E-state index is 13.6. The highest BCUT2D eigenvalue weighted by Gasteiger charge is 2.33. The lowest BCUT2D eigenvalue weighted by molar-refractivity contribution is -0.384. The number of furan rings is 1. The van der Waals surface area contributed by atoms with E-state index in [0.29, 0.717) is 37.7 Å². The van der Waals surface area contributed by atoms with Gasteiger partial charge in [-0.25, -0.2) is 9.79 Å². The Bertz CT molecular complexity index is 1740. The lowest BCUT2D eigenvalue weighted by Crippen LogP contribution is -2.39. The van der Waals surface area contributed by atoms with Gasteiger partial charge in [0.2, 0.25) is 0 Å². The lowest BCUT2D eigenvalue weighted by Gasteiger charge is -2.23. The number of carbonyl (C=O) groups is 1. The van der Waals surface area contributed by atoms with Crippen LogP contribution in [-0.2, 0) is 9.53 Å². The molecule has 1 aliphatic heterocycles. The van der Waals surface area contributed by atoms with Gasteiger partial charge in [-0.3, -0.25) is 19.5 Å². The molecule has 1 aliphatic rings. The molecule has 1 aromatic carbocycles. The number of thiazole rings is 1. The summed E-state index contributed by atoms with van der Waals surface area (Å²) in [5, 5.41) is 13.1. The smallest absolute Gasteiger partial charge is 0.338 e. The molecule has 3 aromatic heterocycles. The summed E-state index contributed by atoms with van der Waals surface area (Å²) >= 11 is 2.65. The summed E-state index contributed by atoms with van der Waals surface area (Å²) < 4.78 is 13.1. The Balaban J connectivity index is 1.61. The second-order valence-corrected chi connectivity index (χ2v) is 10.3. The van der Waals surface area contributed by atoms with Gasteiger partial charge < -0.3 is 9.15 Å². The third-order valence-corrected chi connectivity index (χ3v) is 7.83. The van der Waals surface area contributed by atoms with Crippen LogP contribution in [0.15, 0.2) is 73.3 Å². The number of aryl methyl sites for hydroxylation is 1. The molecule has 0 saturated carbocycles. The molecule has 0 radical (unpaired) electrons. The minimum absolute atomic E-state index is 0.0341. The number of benzene rings is 1. The fourth-order valence-corrected chi connectivity index (χ4v) is 6.05. The van der Waals surface area contributed by atoms with Crippen LogP contribution in [0.1, 0.15) is 36.1 Å². The van der Waals surface area contributed by atoms with E-state index in [1.807, 2.05) is 24.4 Å². The number of hydrogen-bond acceptors (Lipinski definition) is 9. The zero-order valence-electron chi connectivity index (χ0n) is 20.1. The van der Waals surface area contributed by atoms with Crippen LogP contribution in [0.5, 0.6) is 0 Å². The third kappa shape index (κ3) is 4.47. The predicted molar refractivity (Wildman–Crippen MR) is 140 cm³/mol. The first-order chi connectivity index (χ1) is 17.8. The molecule has 1 atom stereocenters. The molecule has 0 aliphatic carbocycles. The molecule has 37 heavy (non-hydrogen) atoms. The first-order valence-corrected chi connectivity index (χ1v) is 13.1. The molecule has 188 valence electrons. The number of nitro groups is 1. The van der Waals surface area contributed by atoms with Gasteiger partial charge in [0.05, 0.1) is 27.3 Å². The average Bonchev–Trinajstić information content (AvgIpc) is 3.61. The Morgan fingerprint density at radius 1 is 1.27 bits per heavy atom. The van der Waals surface area contributed by atoms with E-state index >= 15 is 0 Å². The van der Waals surface area contributed by atoms with E-state index in [-0.39, 0.29) is 17.9 Å². The van der Waals surface area contributed by atoms with Crippen molar-refractivity contribution in [1.29, 1.82) is 0 Å². The highest BCUT2D eigenvalue weighted by Crippen LogP contribution is 2.33. The second kappa shape index (κ2) is 9.75. The molecule has 0 amide bonds. The quantitative estimate of drug-likeness (QED) is 0.206. The monoisotopic (exact) mass is 535 g/mol. The van der Waals surface area contributed by atoms with Crippen LogP contribution in [0.4, 0.5) is 5.69 Å². The van der Waals surface area contributed by atoms with E-state index in [1.165, 1.54) is 39.4 Å². The zero-order chi connectivity index (χ0) is 26.3. The zero-order valence-corrected chi connectivity index (χ0v) is 21.7. The minimum Gasteiger partial charge on any atom is -0.463 e. The number of non-ortho nitro benzene ring substituents is 1. The topological polar surface area (TPSA) is 117 Å². The second-order valence-electron chi connectivity index (χ2n) is 8.28. The van der Waals surface area contributed by atoms with Crippen molar-refractivity contribution in [2.75, 3.05) is 6.61 Å². The Morgan fingerprint density at radius 2 is 2.08 bits per heavy atom. The number of aromatic nitrogens is 1. The molecular formula is C26H21N3O6S2. The maximum atomic E-state index is 13.6. The molecule has 0 unspecified atom stereocenters. The molecule has 9 nitrogen and oxygen atoms in total. The lowest BCUT2D eigenvalue weighted by atomic mass is 10.0. The molecule has 4 aromatic rings. The van der Waals surface area contributed by atoms with Crippen molar-refractivity contribution >= 4 is 40.4 Å². The van der Waals surface area contributed by atoms with Gasteiger partial charge in [-0.05, 0) is 49.9 Å². The van der Waals surface area contributed by atoms with E-state index in [1.54, 1.807) is 38.1 Å². The maximum Gasteiger partial charge on any atom is 0.338 e. The molecule has 11 heteroatoms. The van der Waals surface area contributed by atoms with Crippen molar-refractivity contribution < 1.29 is 18.9 Å². The van der Waals surface area contributed by atoms with E-state index in [4.69, 9.17) is 9.15 Å². The van der Waals surface area contributed by atoms with Crippen LogP contribution in [-0.4, -0.2) is 22.1 Å². The molecule has 0 saturated heterocycles. The Hall–Kier alpha value is -4.09. The van der Waals surface area contributed by atoms with Crippen LogP contribution in [0.2, 0.25) is 0 Å². The highest BCUT2D eigenvalue weighted by atomic mass is 32.1. The fraction of sp³-hybridized carbons (Fsp3) is 0.192. The molecule has 0 fully saturated rings. The molecule has 5 rings (SSSR count). The number of hydrogen-bond donors (Lipinski definition) is 0. The molecule has 0 N–H and O–H groups in total. The number of nitro benzene ring substituents is 1. The van der Waals surface area contributed by atoms with E-state index in [2.05, 4.69) is 4.99 Å². The fourth-order valence-electron chi connectivity index (χ4n) is 4.20. The average molecular weight is 536 g/mol. The van der Waals surface area contributed by atoms with E-state index < -0.39 is 16.9 Å². The van der Waals surface area contributed by atoms with Crippen LogP contribution in [0.25, 0.3) is 17.4 Å². The van der Waals surface area contributed by atoms with Gasteiger partial charge in [0.25, 0.3) is 11.2 Å². The van der Waals surface area contributed by atoms with E-state index in [9.17, 15) is 19.7 Å². The van der Waals surface area contributed by atoms with Crippen molar-refractivity contribution in [2.45, 2.75) is 26.8 Å². The van der Waals surface area contributed by atoms with Gasteiger partial charge in [-0.2, -0.15) is 0 Å². The number of allylic oxidation sites excluding steroid dienone is 1. The van der Waals surface area contributed by atoms with E-state index in [0.717, 1.165) is 10.4 Å². The standard InChI is InChI=1S/C26H21N3O6S2/c1-4-34-25(31)22-15(3)27-26-28(23(22)20-6-5-11-36-20)24(30)21(37-26)13-17-9-10-19(35-17)18-12-16(29(32)33)8-7-14(18)2/h5-13,23H,4H2,1-3H3/b21-13-/t23-/m0/s1. The summed E-state index contributed by atoms with van der Waals surface area (Å²) in [4.78, 5) is 43.1. The summed E-state index contributed by atoms with van der Waals surface area (Å²) in [5.41, 5.74) is 1.93. The van der Waals surface area contributed by atoms with Crippen LogP contribution in [0, 0.1) is 17.0 Å². The largest absolute Gasteiger partial charge is 0.463 e. The van der Waals surface area contributed by atoms with Crippen molar-refractivity contribution in [1.82, 2.24) is 4.57 Å². The van der Waals surface area contributed by atoms with Crippen LogP contribution >= 0.6 is 22.7 Å². The molecular weight excluding hydrogens is 514 g/mol. The van der Waals surface area contributed by atoms with Crippen molar-refractivity contribution in [3.8, 4) is 11.3 Å². The van der Waals surface area contributed by atoms with Gasteiger partial charge >= 0.3 is 5.97 Å². The van der Waals surface area contributed by atoms with Crippen molar-refractivity contribution in [3.63, 3.8) is 0 Å². The Morgan fingerprint density at radius 3 is 2.78 bits per heavy atom. The number of nitrogens with zero attached hydrogens (tertiary/aromatic N) is 3. The SMILES string of the molecule is CCOC(=O)C1=C(C)N=c2s/c(=C\c3ccc(-c4cc([N+](=O)[O-])ccc4C)o3)c(=O)n2[C@H]1c1cccs1. The number of fused-ring (bicyclic) bond motifs is 1. The Labute approximate surface area is 218 Å². The normalized spacial score (nSPS) is 15.4. The first kappa shape index (κ1) is 24.6. The molecule has 4 heterocycles. The molecule has 0 bridgehead atoms. The summed E-state index contributed by atoms with van der Waals surface area (Å²) in [5.74, 6) is 0.372. The number of ether oxygens (including phenoxy) is 1. The summed E-state index contributed by atoms with van der Waals surface area (Å²) in [6, 6.07) is 11.1. The minimum atomic E-state index is -0.642. The predicted octanol–water partition coefficient (Wildman–Crippen LogP) is 4.34. The summed E-state index contributed by atoms with van der Waals surface area (Å²) in [6.45, 7) is 5.52. The highest BCUT2D eigenvalue weighted by molar-refractivity contribution is 7.10. The van der Waals surface area contributed by atoms with Gasteiger partial charge in [0, 0.05) is 28.6 Å². The summed E-state index contributed by atoms with van der Waals surface area (Å²) in [6.07, 6.45) is 1.62. The van der Waals surface area contributed by atoms with Crippen molar-refractivity contribution in [3.05, 3.63) is 105 Å². The number of esters is 1. The molecule has 0 spiro atoms. The van der Waals surface area contributed by atoms with Gasteiger partial charge in [0.15, 0.2) is 4.80 Å².